The molecule has 0 aromatic carbocycles. The Morgan fingerprint density at radius 3 is 1.80 bits per heavy atom. The van der Waals surface area contributed by atoms with Crippen LogP contribution in [0.3, 0.4) is 0 Å². The first-order valence-corrected chi connectivity index (χ1v) is 1.39. The molecule has 0 radical (unpaired) electrons. The maximum Gasteiger partial charge on any atom is 1.00 e. The van der Waals surface area contributed by atoms with Gasteiger partial charge >= 0.3 is 51.4 Å². The van der Waals surface area contributed by atoms with E-state index in [0.29, 0.717) is 0 Å². The fourth-order valence-corrected chi connectivity index (χ4v) is 0. The maximum atomic E-state index is 8.81. The van der Waals surface area contributed by atoms with Crippen LogP contribution in [0, 0.1) is 0 Å². The van der Waals surface area contributed by atoms with Crippen LogP contribution in [-0.2, 0) is 0 Å². The molecule has 0 rings (SSSR count). The average molecular weight is 163 g/mol. The van der Waals surface area contributed by atoms with Crippen LogP contribution in [0.5, 0.6) is 0 Å². The number of carbonyl (C=O) groups excluding carboxylic acids is 1. The monoisotopic (exact) mass is 162 g/mol. The van der Waals surface area contributed by atoms with Crippen LogP contribution >= 0.6 is 15.9 Å². The van der Waals surface area contributed by atoms with Crippen molar-refractivity contribution in [3.8, 4) is 0 Å². The Morgan fingerprint density at radius 1 is 1.80 bits per heavy atom. The van der Waals surface area contributed by atoms with Crippen molar-refractivity contribution in [3.05, 3.63) is 0 Å². The molecule has 5 heavy (non-hydrogen) atoms. The standard InChI is InChI=1S/CHBrO2.K/c2-1(3)4;/h(H,3,4);/q;+1/p-1. The predicted octanol–water partition coefficient (Wildman–Crippen LogP) is -3.27. The Balaban J connectivity index is 0. The normalized spacial score (nSPS) is 5.00. The zero-order valence-electron chi connectivity index (χ0n) is 2.69. The number of hydrogen-bond acceptors (Lipinski definition) is 2. The van der Waals surface area contributed by atoms with Gasteiger partial charge in [-0.15, -0.1) is 0 Å². The zero-order chi connectivity index (χ0) is 3.58. The predicted molar refractivity (Wildman–Crippen MR) is 14.3 cm³/mol. The van der Waals surface area contributed by atoms with Gasteiger partial charge in [-0.3, -0.25) is 0 Å². The van der Waals surface area contributed by atoms with E-state index < -0.39 is 4.88 Å². The molecule has 4 heteroatoms. The summed E-state index contributed by atoms with van der Waals surface area (Å²) in [5, 5.41) is 8.81. The summed E-state index contributed by atoms with van der Waals surface area (Å²) in [6.45, 7) is 0. The fourth-order valence-electron chi connectivity index (χ4n) is 0. The van der Waals surface area contributed by atoms with Crippen molar-refractivity contribution in [1.29, 1.82) is 0 Å². The van der Waals surface area contributed by atoms with E-state index in [9.17, 15) is 0 Å². The Kier molecular flexibility index (Phi) is 10.9. The van der Waals surface area contributed by atoms with Gasteiger partial charge in [0.1, 0.15) is 4.88 Å². The van der Waals surface area contributed by atoms with Gasteiger partial charge < -0.3 is 9.90 Å². The topological polar surface area (TPSA) is 40.1 Å². The molecule has 0 heterocycles. The van der Waals surface area contributed by atoms with Crippen molar-refractivity contribution in [2.24, 2.45) is 0 Å². The summed E-state index contributed by atoms with van der Waals surface area (Å²) in [7, 11) is 0. The first-order chi connectivity index (χ1) is 1.73. The fraction of sp³-hybridized carbons (Fsp3) is 0. The smallest absolute Gasteiger partial charge is 0.538 e. The molecule has 0 fully saturated rings. The summed E-state index contributed by atoms with van der Waals surface area (Å²) >= 11 is 2.08. The van der Waals surface area contributed by atoms with Crippen molar-refractivity contribution >= 4 is 20.8 Å². The van der Waals surface area contributed by atoms with Gasteiger partial charge in [0, 0.05) is 0 Å². The van der Waals surface area contributed by atoms with E-state index in [0.717, 1.165) is 0 Å². The Morgan fingerprint density at radius 2 is 1.80 bits per heavy atom. The third-order valence-electron chi connectivity index (χ3n) is 0. The minimum atomic E-state index is -1.27. The summed E-state index contributed by atoms with van der Waals surface area (Å²) in [5.74, 6) is 0. The third-order valence-corrected chi connectivity index (χ3v) is 0. The van der Waals surface area contributed by atoms with E-state index in [2.05, 4.69) is 15.9 Å². The summed E-state index contributed by atoms with van der Waals surface area (Å²) in [5.41, 5.74) is 0. The Hall–Kier alpha value is 1.59. The van der Waals surface area contributed by atoms with E-state index in [1.807, 2.05) is 0 Å². The van der Waals surface area contributed by atoms with Crippen molar-refractivity contribution in [2.45, 2.75) is 0 Å². The molecule has 0 aromatic rings. The molecule has 0 atom stereocenters. The number of hydrogen-bond donors (Lipinski definition) is 0. The molecule has 0 saturated heterocycles. The van der Waals surface area contributed by atoms with E-state index in [4.69, 9.17) is 9.90 Å². The third kappa shape index (κ3) is 28.6. The van der Waals surface area contributed by atoms with E-state index in [1.54, 1.807) is 0 Å². The van der Waals surface area contributed by atoms with Crippen molar-refractivity contribution in [3.63, 3.8) is 0 Å². The second-order valence-corrected chi connectivity index (χ2v) is 0.885. The molecule has 0 aliphatic heterocycles. The average Bonchev–Trinajstić information content (AvgIpc) is 0.811. The van der Waals surface area contributed by atoms with Gasteiger partial charge in [0.2, 0.25) is 0 Å². The number of carbonyl (C=O) groups is 1. The van der Waals surface area contributed by atoms with Crippen LogP contribution in [0.2, 0.25) is 0 Å². The molecule has 0 aliphatic carbocycles. The number of carboxylic acid groups (broad SMARTS) is 1. The van der Waals surface area contributed by atoms with Gasteiger partial charge in [0.15, 0.2) is 0 Å². The first-order valence-electron chi connectivity index (χ1n) is 0.597. The minimum Gasteiger partial charge on any atom is -0.538 e. The zero-order valence-corrected chi connectivity index (χ0v) is 7.40. The van der Waals surface area contributed by atoms with Gasteiger partial charge in [0.25, 0.3) is 0 Å². The van der Waals surface area contributed by atoms with Crippen LogP contribution in [-0.4, -0.2) is 4.88 Å². The van der Waals surface area contributed by atoms with Gasteiger partial charge in [-0.2, -0.15) is 0 Å². The SMILES string of the molecule is O=C([O-])Br.[K+]. The number of rotatable bonds is 0. The van der Waals surface area contributed by atoms with Crippen LogP contribution in [0.4, 0.5) is 4.79 Å². The second kappa shape index (κ2) is 5.59. The summed E-state index contributed by atoms with van der Waals surface area (Å²) in [6.07, 6.45) is 0. The second-order valence-electron chi connectivity index (χ2n) is 0.238. The van der Waals surface area contributed by atoms with Crippen LogP contribution < -0.4 is 56.5 Å². The summed E-state index contributed by atoms with van der Waals surface area (Å²) < 4.78 is 0. The van der Waals surface area contributed by atoms with Gasteiger partial charge in [-0.25, -0.2) is 0 Å². The molecule has 0 N–H and O–H groups in total. The molecular formula is CBrKO2. The van der Waals surface area contributed by atoms with Crippen molar-refractivity contribution in [2.75, 3.05) is 0 Å². The molecule has 0 aliphatic rings. The Labute approximate surface area is 80.5 Å². The van der Waals surface area contributed by atoms with Crippen molar-refractivity contribution in [1.82, 2.24) is 0 Å². The molecular weight excluding hydrogens is 163 g/mol. The van der Waals surface area contributed by atoms with E-state index >= 15 is 0 Å². The number of halogens is 1. The molecule has 0 bridgehead atoms. The molecule has 0 saturated carbocycles. The molecule has 0 aromatic heterocycles. The largest absolute Gasteiger partial charge is 1.00 e. The Bertz CT molecular complexity index is 32.6. The van der Waals surface area contributed by atoms with Gasteiger partial charge in [-0.1, -0.05) is 0 Å². The minimum absolute atomic E-state index is 0. The maximum absolute atomic E-state index is 8.81. The summed E-state index contributed by atoms with van der Waals surface area (Å²) in [4.78, 5) is 7.53. The van der Waals surface area contributed by atoms with Crippen LogP contribution in [0.25, 0.3) is 0 Å². The van der Waals surface area contributed by atoms with Crippen LogP contribution in [0.15, 0.2) is 0 Å². The van der Waals surface area contributed by atoms with Gasteiger partial charge in [-0.05, 0) is 15.9 Å². The van der Waals surface area contributed by atoms with E-state index in [1.165, 1.54) is 0 Å². The first kappa shape index (κ1) is 9.77. The van der Waals surface area contributed by atoms with Crippen molar-refractivity contribution < 1.29 is 61.3 Å². The molecule has 0 amide bonds. The molecule has 0 unspecified atom stereocenters. The molecule has 0 spiro atoms. The van der Waals surface area contributed by atoms with Crippen LogP contribution in [0.1, 0.15) is 0 Å². The quantitative estimate of drug-likeness (QED) is 0.277. The molecule has 24 valence electrons. The molecule has 2 nitrogen and oxygen atoms in total. The van der Waals surface area contributed by atoms with Gasteiger partial charge in [0.05, 0.1) is 0 Å². The van der Waals surface area contributed by atoms with E-state index in [-0.39, 0.29) is 51.4 Å². The summed E-state index contributed by atoms with van der Waals surface area (Å²) in [6, 6.07) is 0.